The average molecular weight is 187 g/mol. The van der Waals surface area contributed by atoms with E-state index in [0.717, 1.165) is 6.54 Å². The van der Waals surface area contributed by atoms with Crippen molar-refractivity contribution in [3.05, 3.63) is 0 Å². The first-order valence-electron chi connectivity index (χ1n) is 3.47. The van der Waals surface area contributed by atoms with Crippen molar-refractivity contribution < 1.29 is 13.2 Å². The molecular weight excluding hydrogens is 175 g/mol. The van der Waals surface area contributed by atoms with Gasteiger partial charge < -0.3 is 5.32 Å². The van der Waals surface area contributed by atoms with E-state index >= 15 is 0 Å². The summed E-state index contributed by atoms with van der Waals surface area (Å²) in [5.41, 5.74) is -4.06. The normalized spacial score (nSPS) is 12.0. The molecule has 0 rings (SSSR count). The highest BCUT2D eigenvalue weighted by Crippen LogP contribution is 2.30. The van der Waals surface area contributed by atoms with E-state index in [-0.39, 0.29) is 17.5 Å². The van der Waals surface area contributed by atoms with Gasteiger partial charge in [0.1, 0.15) is 0 Å². The molecule has 1 N–H and O–H groups in total. The van der Waals surface area contributed by atoms with Crippen LogP contribution in [0.4, 0.5) is 13.2 Å². The van der Waals surface area contributed by atoms with E-state index < -0.39 is 5.51 Å². The molecule has 0 aliphatic rings. The average Bonchev–Trinajstić information content (AvgIpc) is 1.85. The van der Waals surface area contributed by atoms with Crippen LogP contribution in [0, 0.1) is 0 Å². The lowest BCUT2D eigenvalue weighted by atomic mass is 10.5. The molecule has 5 heteroatoms. The van der Waals surface area contributed by atoms with Crippen LogP contribution in [-0.4, -0.2) is 24.4 Å². The van der Waals surface area contributed by atoms with Crippen molar-refractivity contribution in [1.29, 1.82) is 0 Å². The van der Waals surface area contributed by atoms with E-state index in [1.807, 2.05) is 6.92 Å². The Morgan fingerprint density at radius 3 is 2.45 bits per heavy atom. The minimum absolute atomic E-state index is 0.0440. The van der Waals surface area contributed by atoms with Crippen LogP contribution in [0.2, 0.25) is 0 Å². The highest BCUT2D eigenvalue weighted by molar-refractivity contribution is 8.00. The first-order valence-corrected chi connectivity index (χ1v) is 4.46. The van der Waals surface area contributed by atoms with Gasteiger partial charge in [0.25, 0.3) is 0 Å². The maximum absolute atomic E-state index is 11.5. The van der Waals surface area contributed by atoms with Crippen LogP contribution >= 0.6 is 11.8 Å². The number of hydrogen-bond donors (Lipinski definition) is 1. The van der Waals surface area contributed by atoms with Gasteiger partial charge in [0.15, 0.2) is 0 Å². The molecule has 0 bridgehead atoms. The van der Waals surface area contributed by atoms with Gasteiger partial charge in [-0.1, -0.05) is 18.7 Å². The molecule has 0 saturated heterocycles. The molecule has 0 aromatic carbocycles. The molecule has 68 valence electrons. The summed E-state index contributed by atoms with van der Waals surface area (Å²) in [4.78, 5) is 0. The van der Waals surface area contributed by atoms with Gasteiger partial charge in [0.2, 0.25) is 0 Å². The van der Waals surface area contributed by atoms with Crippen molar-refractivity contribution in [2.24, 2.45) is 0 Å². The van der Waals surface area contributed by atoms with Crippen molar-refractivity contribution in [3.8, 4) is 0 Å². The molecule has 0 aliphatic carbocycles. The Morgan fingerprint density at radius 2 is 2.00 bits per heavy atom. The lowest BCUT2D eigenvalue weighted by molar-refractivity contribution is -0.0327. The summed E-state index contributed by atoms with van der Waals surface area (Å²) in [5.74, 6) is 0.149. The topological polar surface area (TPSA) is 12.0 Å². The van der Waals surface area contributed by atoms with E-state index in [2.05, 4.69) is 5.32 Å². The fraction of sp³-hybridized carbons (Fsp3) is 1.00. The largest absolute Gasteiger partial charge is 0.441 e. The van der Waals surface area contributed by atoms with Gasteiger partial charge in [-0.2, -0.15) is 13.2 Å². The summed E-state index contributed by atoms with van der Waals surface area (Å²) >= 11 is 0.0440. The number of rotatable bonds is 5. The van der Waals surface area contributed by atoms with Crippen molar-refractivity contribution in [1.82, 2.24) is 5.32 Å². The molecule has 11 heavy (non-hydrogen) atoms. The SMILES string of the molecule is CCNCCCSC(F)(F)F. The van der Waals surface area contributed by atoms with E-state index in [4.69, 9.17) is 0 Å². The van der Waals surface area contributed by atoms with Crippen molar-refractivity contribution >= 4 is 11.8 Å². The number of thioether (sulfide) groups is 1. The second kappa shape index (κ2) is 5.71. The Balaban J connectivity index is 3.02. The number of alkyl halides is 3. The molecule has 0 aromatic heterocycles. The van der Waals surface area contributed by atoms with Gasteiger partial charge >= 0.3 is 5.51 Å². The Hall–Kier alpha value is 0.100. The zero-order chi connectivity index (χ0) is 8.74. The van der Waals surface area contributed by atoms with Crippen LogP contribution in [0.1, 0.15) is 13.3 Å². The molecule has 0 heterocycles. The smallest absolute Gasteiger partial charge is 0.317 e. The minimum Gasteiger partial charge on any atom is -0.317 e. The number of hydrogen-bond acceptors (Lipinski definition) is 2. The standard InChI is InChI=1S/C6H12F3NS/c1-2-10-4-3-5-11-6(7,8)9/h10H,2-5H2,1H3. The van der Waals surface area contributed by atoms with Gasteiger partial charge in [-0.15, -0.1) is 0 Å². The molecule has 0 radical (unpaired) electrons. The highest BCUT2D eigenvalue weighted by Gasteiger charge is 2.27. The Labute approximate surface area is 68.7 Å². The van der Waals surface area contributed by atoms with E-state index in [1.165, 1.54) is 0 Å². The quantitative estimate of drug-likeness (QED) is 0.662. The molecule has 0 atom stereocenters. The van der Waals surface area contributed by atoms with Crippen LogP contribution in [0.3, 0.4) is 0 Å². The van der Waals surface area contributed by atoms with Gasteiger partial charge in [-0.05, 0) is 19.5 Å². The molecule has 0 aliphatic heterocycles. The predicted octanol–water partition coefficient (Wildman–Crippen LogP) is 2.24. The van der Waals surface area contributed by atoms with Gasteiger partial charge in [-0.3, -0.25) is 0 Å². The number of nitrogens with one attached hydrogen (secondary N) is 1. The Kier molecular flexibility index (Phi) is 5.76. The van der Waals surface area contributed by atoms with Gasteiger partial charge in [0.05, 0.1) is 0 Å². The second-order valence-electron chi connectivity index (χ2n) is 2.00. The third kappa shape index (κ3) is 10.1. The van der Waals surface area contributed by atoms with E-state index in [0.29, 0.717) is 13.0 Å². The third-order valence-electron chi connectivity index (χ3n) is 1.01. The third-order valence-corrected chi connectivity index (χ3v) is 1.83. The first kappa shape index (κ1) is 11.1. The molecule has 0 fully saturated rings. The maximum atomic E-state index is 11.5. The monoisotopic (exact) mass is 187 g/mol. The molecule has 0 unspecified atom stereocenters. The van der Waals surface area contributed by atoms with Crippen molar-refractivity contribution in [3.63, 3.8) is 0 Å². The van der Waals surface area contributed by atoms with Crippen LogP contribution in [0.25, 0.3) is 0 Å². The first-order chi connectivity index (χ1) is 5.06. The summed E-state index contributed by atoms with van der Waals surface area (Å²) in [6, 6.07) is 0. The Bertz CT molecular complexity index is 94.3. The summed E-state index contributed by atoms with van der Waals surface area (Å²) in [7, 11) is 0. The molecular formula is C6H12F3NS. The highest BCUT2D eigenvalue weighted by atomic mass is 32.2. The summed E-state index contributed by atoms with van der Waals surface area (Å²) in [5, 5.41) is 2.95. The molecule has 0 spiro atoms. The fourth-order valence-corrected chi connectivity index (χ4v) is 1.08. The van der Waals surface area contributed by atoms with Crippen LogP contribution < -0.4 is 5.32 Å². The predicted molar refractivity (Wildman–Crippen MR) is 41.7 cm³/mol. The van der Waals surface area contributed by atoms with E-state index in [9.17, 15) is 13.2 Å². The number of halogens is 3. The van der Waals surface area contributed by atoms with Crippen molar-refractivity contribution in [2.75, 3.05) is 18.8 Å². The lowest BCUT2D eigenvalue weighted by Crippen LogP contribution is -2.15. The zero-order valence-electron chi connectivity index (χ0n) is 6.37. The van der Waals surface area contributed by atoms with E-state index in [1.54, 1.807) is 0 Å². The second-order valence-corrected chi connectivity index (χ2v) is 3.16. The summed E-state index contributed by atoms with van der Waals surface area (Å²) < 4.78 is 34.5. The summed E-state index contributed by atoms with van der Waals surface area (Å²) in [6.45, 7) is 3.41. The molecule has 0 saturated carbocycles. The molecule has 0 amide bonds. The Morgan fingerprint density at radius 1 is 1.36 bits per heavy atom. The molecule has 1 nitrogen and oxygen atoms in total. The minimum atomic E-state index is -4.06. The maximum Gasteiger partial charge on any atom is 0.441 e. The van der Waals surface area contributed by atoms with Crippen LogP contribution in [-0.2, 0) is 0 Å². The molecule has 0 aromatic rings. The van der Waals surface area contributed by atoms with Gasteiger partial charge in [0, 0.05) is 5.75 Å². The fourth-order valence-electron chi connectivity index (χ4n) is 0.562. The lowest BCUT2D eigenvalue weighted by Gasteiger charge is -2.04. The van der Waals surface area contributed by atoms with Crippen LogP contribution in [0.5, 0.6) is 0 Å². The zero-order valence-corrected chi connectivity index (χ0v) is 7.19. The summed E-state index contributed by atoms with van der Waals surface area (Å²) in [6.07, 6.45) is 0.567. The van der Waals surface area contributed by atoms with Crippen LogP contribution in [0.15, 0.2) is 0 Å². The van der Waals surface area contributed by atoms with Crippen molar-refractivity contribution in [2.45, 2.75) is 18.9 Å². The van der Waals surface area contributed by atoms with Gasteiger partial charge in [-0.25, -0.2) is 0 Å².